The van der Waals surface area contributed by atoms with Crippen molar-refractivity contribution in [2.24, 2.45) is 23.7 Å². The van der Waals surface area contributed by atoms with Crippen LogP contribution in [0.3, 0.4) is 0 Å². The lowest BCUT2D eigenvalue weighted by atomic mass is 9.43. The molecule has 2 aromatic heterocycles. The zero-order valence-corrected chi connectivity index (χ0v) is 37.9. The Balaban J connectivity index is 0.803. The van der Waals surface area contributed by atoms with Crippen LogP contribution >= 0.6 is 0 Å². The Morgan fingerprint density at radius 1 is 0.309 bits per heavy atom. The fourth-order valence-corrected chi connectivity index (χ4v) is 15.1. The van der Waals surface area contributed by atoms with Crippen molar-refractivity contribution in [1.82, 2.24) is 9.13 Å². The zero-order chi connectivity index (χ0) is 44.2. The normalized spacial score (nSPS) is 21.3. The molecule has 0 saturated heterocycles. The van der Waals surface area contributed by atoms with E-state index >= 15 is 0 Å². The van der Waals surface area contributed by atoms with Crippen molar-refractivity contribution in [1.29, 1.82) is 0 Å². The summed E-state index contributed by atoms with van der Waals surface area (Å²) in [5, 5.41) is 10.1. The molecule has 4 fully saturated rings. The van der Waals surface area contributed by atoms with E-state index in [2.05, 4.69) is 215 Å². The van der Waals surface area contributed by atoms with Crippen LogP contribution in [0.4, 0.5) is 0 Å². The second-order valence-electron chi connectivity index (χ2n) is 20.9. The first-order valence-corrected chi connectivity index (χ1v) is 25.0. The van der Waals surface area contributed by atoms with Crippen molar-refractivity contribution < 1.29 is 0 Å². The van der Waals surface area contributed by atoms with Crippen molar-refractivity contribution in [3.63, 3.8) is 0 Å². The number of hydrogen-bond acceptors (Lipinski definition) is 0. The minimum Gasteiger partial charge on any atom is -0.309 e. The molecule has 0 unspecified atom stereocenters. The van der Waals surface area contributed by atoms with E-state index in [0.29, 0.717) is 0 Å². The van der Waals surface area contributed by atoms with Gasteiger partial charge in [0.15, 0.2) is 0 Å². The smallest absolute Gasteiger partial charge is 0.0547 e. The fraction of sp³-hybridized carbons (Fsp3) is 0.152. The monoisotopic (exact) mass is 868 g/mol. The molecule has 0 amide bonds. The van der Waals surface area contributed by atoms with Gasteiger partial charge in [0.1, 0.15) is 0 Å². The summed E-state index contributed by atoms with van der Waals surface area (Å²) in [5.74, 6) is 3.41. The SMILES string of the molecule is c1ccc2c(c1)-c1ccc(-c3ccc4cc(-n5c6ccccc6c6ccc(-c7ccc8c9ccccc9n(-c9ccc%10ccccc%10c9)c8c7)cc65)ccc4c3)cc1C21C2CC3CC(C2)CC1C3. The van der Waals surface area contributed by atoms with Gasteiger partial charge in [0, 0.05) is 38.3 Å². The summed E-state index contributed by atoms with van der Waals surface area (Å²) in [5.41, 5.74) is 18.7. The second kappa shape index (κ2) is 13.7. The van der Waals surface area contributed by atoms with Crippen molar-refractivity contribution in [2.75, 3.05) is 0 Å². The Bertz CT molecular complexity index is 4090. The Kier molecular flexibility index (Phi) is 7.54. The lowest BCUT2D eigenvalue weighted by Gasteiger charge is -2.61. The van der Waals surface area contributed by atoms with Crippen LogP contribution in [-0.4, -0.2) is 9.13 Å². The summed E-state index contributed by atoms with van der Waals surface area (Å²) in [6.45, 7) is 0. The number of para-hydroxylation sites is 2. The van der Waals surface area contributed by atoms with Crippen LogP contribution in [0.5, 0.6) is 0 Å². The summed E-state index contributed by atoms with van der Waals surface area (Å²) >= 11 is 0. The summed E-state index contributed by atoms with van der Waals surface area (Å²) in [4.78, 5) is 0. The summed E-state index contributed by atoms with van der Waals surface area (Å²) in [7, 11) is 0. The van der Waals surface area contributed by atoms with E-state index in [-0.39, 0.29) is 5.41 Å². The Morgan fingerprint density at radius 2 is 0.765 bits per heavy atom. The number of aromatic nitrogens is 2. The largest absolute Gasteiger partial charge is 0.309 e. The molecule has 17 rings (SSSR count). The van der Waals surface area contributed by atoms with Crippen molar-refractivity contribution >= 4 is 65.2 Å². The van der Waals surface area contributed by atoms with Gasteiger partial charge in [-0.15, -0.1) is 0 Å². The predicted molar refractivity (Wildman–Crippen MR) is 284 cm³/mol. The van der Waals surface area contributed by atoms with Gasteiger partial charge in [0.25, 0.3) is 0 Å². The third-order valence-electron chi connectivity index (χ3n) is 17.6. The van der Waals surface area contributed by atoms with Gasteiger partial charge in [-0.05, 0) is 182 Å². The van der Waals surface area contributed by atoms with E-state index in [9.17, 15) is 0 Å². The number of nitrogens with zero attached hydrogens (tertiary/aromatic N) is 2. The van der Waals surface area contributed by atoms with Gasteiger partial charge in [-0.3, -0.25) is 0 Å². The third-order valence-corrected chi connectivity index (χ3v) is 17.6. The van der Waals surface area contributed by atoms with Crippen LogP contribution in [0.2, 0.25) is 0 Å². The van der Waals surface area contributed by atoms with Gasteiger partial charge in [0.05, 0.1) is 22.1 Å². The van der Waals surface area contributed by atoms with Crippen LogP contribution in [0.15, 0.2) is 206 Å². The van der Waals surface area contributed by atoms with Crippen LogP contribution < -0.4 is 0 Å². The van der Waals surface area contributed by atoms with Gasteiger partial charge < -0.3 is 9.13 Å². The second-order valence-corrected chi connectivity index (χ2v) is 20.9. The maximum Gasteiger partial charge on any atom is 0.0547 e. The van der Waals surface area contributed by atoms with Gasteiger partial charge in [-0.25, -0.2) is 0 Å². The molecule has 2 nitrogen and oxygen atoms in total. The molecule has 0 atom stereocenters. The van der Waals surface area contributed by atoms with Crippen molar-refractivity contribution in [3.05, 3.63) is 217 Å². The van der Waals surface area contributed by atoms with E-state index in [1.807, 2.05) is 0 Å². The molecular formula is C66H48N2. The Morgan fingerprint density at radius 3 is 1.44 bits per heavy atom. The summed E-state index contributed by atoms with van der Waals surface area (Å²) in [6, 6.07) is 78.5. The van der Waals surface area contributed by atoms with Crippen LogP contribution in [-0.2, 0) is 5.41 Å². The molecular weight excluding hydrogens is 821 g/mol. The highest BCUT2D eigenvalue weighted by Crippen LogP contribution is 2.69. The van der Waals surface area contributed by atoms with E-state index in [1.54, 1.807) is 11.1 Å². The minimum absolute atomic E-state index is 0.175. The predicted octanol–water partition coefficient (Wildman–Crippen LogP) is 17.2. The van der Waals surface area contributed by atoms with E-state index in [4.69, 9.17) is 0 Å². The molecule has 5 aliphatic carbocycles. The minimum atomic E-state index is 0.175. The lowest BCUT2D eigenvalue weighted by molar-refractivity contribution is -0.0399. The number of hydrogen-bond donors (Lipinski definition) is 0. The molecule has 4 bridgehead atoms. The highest BCUT2D eigenvalue weighted by Gasteiger charge is 2.61. The molecule has 0 radical (unpaired) electrons. The maximum absolute atomic E-state index is 2.63. The van der Waals surface area contributed by atoms with E-state index < -0.39 is 0 Å². The first-order valence-electron chi connectivity index (χ1n) is 25.0. The molecule has 322 valence electrons. The third kappa shape index (κ3) is 5.07. The van der Waals surface area contributed by atoms with Crippen LogP contribution in [0.25, 0.3) is 110 Å². The summed E-state index contributed by atoms with van der Waals surface area (Å²) < 4.78 is 4.92. The highest BCUT2D eigenvalue weighted by atomic mass is 15.0. The number of benzene rings is 10. The fourth-order valence-electron chi connectivity index (χ4n) is 15.1. The molecule has 2 heterocycles. The van der Waals surface area contributed by atoms with E-state index in [1.165, 1.54) is 142 Å². The van der Waals surface area contributed by atoms with Gasteiger partial charge in [-0.1, -0.05) is 146 Å². The van der Waals surface area contributed by atoms with Gasteiger partial charge in [0.2, 0.25) is 0 Å². The molecule has 4 saturated carbocycles. The average Bonchev–Trinajstić information content (AvgIpc) is 4.01. The highest BCUT2D eigenvalue weighted by molar-refractivity contribution is 6.12. The Hall–Kier alpha value is -7.68. The molecule has 12 aromatic rings. The van der Waals surface area contributed by atoms with Crippen LogP contribution in [0.1, 0.15) is 43.2 Å². The standard InChI is InChI=1S/C66H48N2/c1-2-10-43-35-52(24-19-42(43)9-1)67-62-15-7-4-12-56(62)58-27-22-48(38-64(58)67)49-23-28-59-57-13-5-8-16-63(57)68(65(59)39-49)53-25-20-45-34-44(17-18-46(45)36-53)47-21-26-55-54-11-3-6-14-60(54)66(61(55)37-47)50-30-40-29-41(32-50)33-51(66)31-40/h1-28,34-41,50-51H,29-33H2. The van der Waals surface area contributed by atoms with Crippen molar-refractivity contribution in [2.45, 2.75) is 37.5 Å². The molecule has 5 aliphatic rings. The topological polar surface area (TPSA) is 9.86 Å². The molecule has 0 aliphatic heterocycles. The summed E-state index contributed by atoms with van der Waals surface area (Å²) in [6.07, 6.45) is 7.11. The molecule has 68 heavy (non-hydrogen) atoms. The van der Waals surface area contributed by atoms with Crippen molar-refractivity contribution in [3.8, 4) is 44.8 Å². The maximum atomic E-state index is 2.63. The molecule has 0 N–H and O–H groups in total. The molecule has 10 aromatic carbocycles. The molecule has 2 heteroatoms. The zero-order valence-electron chi connectivity index (χ0n) is 37.9. The van der Waals surface area contributed by atoms with Gasteiger partial charge >= 0.3 is 0 Å². The number of rotatable bonds is 4. The first-order chi connectivity index (χ1) is 33.6. The number of fused-ring (bicyclic) bond motifs is 11. The lowest BCUT2D eigenvalue weighted by Crippen LogP contribution is -2.55. The van der Waals surface area contributed by atoms with Crippen LogP contribution in [0, 0.1) is 23.7 Å². The Labute approximate surface area is 395 Å². The first kappa shape index (κ1) is 37.4. The quantitative estimate of drug-likeness (QED) is 0.167. The van der Waals surface area contributed by atoms with E-state index in [0.717, 1.165) is 23.7 Å². The molecule has 1 spiro atoms. The average molecular weight is 869 g/mol. The van der Waals surface area contributed by atoms with Gasteiger partial charge in [-0.2, -0.15) is 0 Å².